The molecular weight excluding hydrogens is 496 g/mol. The Labute approximate surface area is 236 Å². The zero-order chi connectivity index (χ0) is 27.1. The molecule has 0 radical (unpaired) electrons. The molecule has 0 fully saturated rings. The van der Waals surface area contributed by atoms with Gasteiger partial charge in [-0.3, -0.25) is 0 Å². The summed E-state index contributed by atoms with van der Waals surface area (Å²) in [7, 11) is 0. The molecule has 9 aromatic rings. The van der Waals surface area contributed by atoms with Crippen molar-refractivity contribution in [2.45, 2.75) is 0 Å². The molecule has 0 spiro atoms. The Balaban J connectivity index is 1.34. The van der Waals surface area contributed by atoms with E-state index in [1.165, 1.54) is 64.6 Å². The van der Waals surface area contributed by atoms with Gasteiger partial charge in [0.15, 0.2) is 0 Å². The number of hydrogen-bond acceptors (Lipinski definition) is 2. The molecule has 2 nitrogen and oxygen atoms in total. The van der Waals surface area contributed by atoms with Gasteiger partial charge < -0.3 is 4.90 Å². The van der Waals surface area contributed by atoms with Crippen LogP contribution < -0.4 is 4.90 Å². The predicted molar refractivity (Wildman–Crippen MR) is 173 cm³/mol. The highest BCUT2D eigenvalue weighted by Crippen LogP contribution is 2.44. The first-order chi connectivity index (χ1) is 20.2. The fourth-order valence-corrected chi connectivity index (χ4v) is 6.86. The van der Waals surface area contributed by atoms with E-state index < -0.39 is 0 Å². The summed E-state index contributed by atoms with van der Waals surface area (Å²) in [5.74, 6) is 0. The Kier molecular flexibility index (Phi) is 4.43. The second-order valence-corrected chi connectivity index (χ2v) is 10.9. The summed E-state index contributed by atoms with van der Waals surface area (Å²) >= 11 is 0. The van der Waals surface area contributed by atoms with Gasteiger partial charge in [0.25, 0.3) is 0 Å². The van der Waals surface area contributed by atoms with Crippen LogP contribution in [0.4, 0.5) is 17.1 Å². The molecule has 0 heterocycles. The lowest BCUT2D eigenvalue weighted by atomic mass is 9.92. The maximum atomic E-state index is 9.48. The largest absolute Gasteiger partial charge is 0.310 e. The monoisotopic (exact) mass is 518 g/mol. The predicted octanol–water partition coefficient (Wildman–Crippen LogP) is 10.8. The second-order valence-electron chi connectivity index (χ2n) is 10.9. The van der Waals surface area contributed by atoms with Gasteiger partial charge in [0.2, 0.25) is 0 Å². The van der Waals surface area contributed by atoms with Crippen LogP contribution in [0.1, 0.15) is 5.56 Å². The highest BCUT2D eigenvalue weighted by Gasteiger charge is 2.18. The van der Waals surface area contributed by atoms with Gasteiger partial charge in [-0.05, 0) is 113 Å². The third kappa shape index (κ3) is 3.18. The number of nitriles is 1. The fourth-order valence-electron chi connectivity index (χ4n) is 6.86. The normalized spacial score (nSPS) is 11.9. The van der Waals surface area contributed by atoms with Gasteiger partial charge in [-0.1, -0.05) is 84.9 Å². The van der Waals surface area contributed by atoms with E-state index in [0.717, 1.165) is 17.1 Å². The van der Waals surface area contributed by atoms with E-state index in [-0.39, 0.29) is 0 Å². The first-order valence-electron chi connectivity index (χ1n) is 13.9. The molecule has 0 aliphatic rings. The summed E-state index contributed by atoms with van der Waals surface area (Å²) in [6, 6.07) is 50.3. The Morgan fingerprint density at radius 1 is 0.366 bits per heavy atom. The molecule has 188 valence electrons. The second kappa shape index (κ2) is 8.18. The van der Waals surface area contributed by atoms with Gasteiger partial charge in [-0.25, -0.2) is 0 Å². The highest BCUT2D eigenvalue weighted by molar-refractivity contribution is 6.25. The molecule has 41 heavy (non-hydrogen) atoms. The number of anilines is 3. The van der Waals surface area contributed by atoms with E-state index >= 15 is 0 Å². The summed E-state index contributed by atoms with van der Waals surface area (Å²) in [6.07, 6.45) is 0. The van der Waals surface area contributed by atoms with Gasteiger partial charge in [0.05, 0.1) is 11.6 Å². The van der Waals surface area contributed by atoms with E-state index in [4.69, 9.17) is 0 Å². The summed E-state index contributed by atoms with van der Waals surface area (Å²) in [4.78, 5) is 2.32. The first kappa shape index (κ1) is 22.2. The fraction of sp³-hybridized carbons (Fsp3) is 0. The van der Waals surface area contributed by atoms with Gasteiger partial charge >= 0.3 is 0 Å². The van der Waals surface area contributed by atoms with Crippen LogP contribution >= 0.6 is 0 Å². The minimum absolute atomic E-state index is 0.653. The van der Waals surface area contributed by atoms with Crippen molar-refractivity contribution in [2.24, 2.45) is 0 Å². The Hall–Kier alpha value is -5.65. The molecule has 0 unspecified atom stereocenters. The molecule has 9 aromatic carbocycles. The Morgan fingerprint density at radius 3 is 1.07 bits per heavy atom. The molecule has 0 aliphatic heterocycles. The van der Waals surface area contributed by atoms with Crippen molar-refractivity contribution in [2.75, 3.05) is 4.90 Å². The zero-order valence-corrected chi connectivity index (χ0v) is 22.1. The molecule has 9 rings (SSSR count). The molecule has 0 aromatic heterocycles. The van der Waals surface area contributed by atoms with Crippen LogP contribution in [0.5, 0.6) is 0 Å². The molecule has 0 bridgehead atoms. The minimum Gasteiger partial charge on any atom is -0.310 e. The van der Waals surface area contributed by atoms with Crippen LogP contribution in [0.3, 0.4) is 0 Å². The third-order valence-corrected chi connectivity index (χ3v) is 8.67. The van der Waals surface area contributed by atoms with Gasteiger partial charge in [0.1, 0.15) is 0 Å². The van der Waals surface area contributed by atoms with Gasteiger partial charge in [0, 0.05) is 17.1 Å². The van der Waals surface area contributed by atoms with Crippen molar-refractivity contribution in [3.8, 4) is 6.07 Å². The van der Waals surface area contributed by atoms with E-state index in [9.17, 15) is 5.26 Å². The minimum atomic E-state index is 0.653. The summed E-state index contributed by atoms with van der Waals surface area (Å²) in [6.45, 7) is 0. The van der Waals surface area contributed by atoms with Crippen molar-refractivity contribution in [3.05, 3.63) is 139 Å². The van der Waals surface area contributed by atoms with Gasteiger partial charge in [-0.15, -0.1) is 0 Å². The third-order valence-electron chi connectivity index (χ3n) is 8.67. The topological polar surface area (TPSA) is 27.0 Å². The maximum absolute atomic E-state index is 9.48. The lowest BCUT2D eigenvalue weighted by Crippen LogP contribution is -2.10. The molecule has 0 N–H and O–H groups in total. The lowest BCUT2D eigenvalue weighted by Gasteiger charge is -2.27. The zero-order valence-electron chi connectivity index (χ0n) is 22.1. The van der Waals surface area contributed by atoms with E-state index in [2.05, 4.69) is 120 Å². The van der Waals surface area contributed by atoms with Gasteiger partial charge in [-0.2, -0.15) is 5.26 Å². The summed E-state index contributed by atoms with van der Waals surface area (Å²) in [5, 5.41) is 24.7. The van der Waals surface area contributed by atoms with Crippen molar-refractivity contribution < 1.29 is 0 Å². The standard InChI is InChI=1S/C39H22N2/c40-23-24-7-17-33(18-8-24)41(34-19-29-13-9-25-3-1-4-26-10-14-30(20-34)38(29)36(25)26)35-21-31-15-11-27-5-2-6-28-12-16-32(22-35)39(31)37(27)28/h1-22H. The van der Waals surface area contributed by atoms with E-state index in [1.54, 1.807) is 0 Å². The number of nitrogens with zero attached hydrogens (tertiary/aromatic N) is 2. The van der Waals surface area contributed by atoms with E-state index in [1.807, 2.05) is 24.3 Å². The van der Waals surface area contributed by atoms with Crippen LogP contribution in [-0.4, -0.2) is 0 Å². The summed E-state index contributed by atoms with van der Waals surface area (Å²) in [5.41, 5.74) is 3.85. The Bertz CT molecular complexity index is 2210. The van der Waals surface area contributed by atoms with Crippen LogP contribution in [0, 0.1) is 11.3 Å². The van der Waals surface area contributed by atoms with Crippen LogP contribution in [0.15, 0.2) is 133 Å². The molecule has 0 aliphatic carbocycles. The quantitative estimate of drug-likeness (QED) is 0.218. The molecule has 0 saturated carbocycles. The smallest absolute Gasteiger partial charge is 0.0991 e. The Morgan fingerprint density at radius 2 is 0.707 bits per heavy atom. The highest BCUT2D eigenvalue weighted by atomic mass is 15.1. The van der Waals surface area contributed by atoms with Crippen molar-refractivity contribution in [3.63, 3.8) is 0 Å². The summed E-state index contributed by atoms with van der Waals surface area (Å²) < 4.78 is 0. The van der Waals surface area contributed by atoms with Crippen LogP contribution in [0.2, 0.25) is 0 Å². The number of hydrogen-bond donors (Lipinski definition) is 0. The average Bonchev–Trinajstić information content (AvgIpc) is 3.03. The molecule has 2 heteroatoms. The van der Waals surface area contributed by atoms with Crippen molar-refractivity contribution in [1.82, 2.24) is 0 Å². The molecule has 0 atom stereocenters. The molecule has 0 amide bonds. The number of benzene rings is 9. The van der Waals surface area contributed by atoms with Crippen molar-refractivity contribution in [1.29, 1.82) is 5.26 Å². The van der Waals surface area contributed by atoms with Crippen molar-refractivity contribution >= 4 is 81.7 Å². The maximum Gasteiger partial charge on any atom is 0.0991 e. The average molecular weight is 519 g/mol. The molecular formula is C39H22N2. The molecule has 0 saturated heterocycles. The lowest BCUT2D eigenvalue weighted by molar-refractivity contribution is 1.30. The van der Waals surface area contributed by atoms with Crippen LogP contribution in [0.25, 0.3) is 64.6 Å². The van der Waals surface area contributed by atoms with Crippen LogP contribution in [-0.2, 0) is 0 Å². The van der Waals surface area contributed by atoms with E-state index in [0.29, 0.717) is 5.56 Å². The first-order valence-corrected chi connectivity index (χ1v) is 13.9. The SMILES string of the molecule is N#Cc1ccc(N(c2cc3ccc4cccc5ccc(c2)c3c45)c2cc3ccc4cccc5ccc(c2)c3c45)cc1. The number of rotatable bonds is 3.